The Hall–Kier alpha value is -4.70. The van der Waals surface area contributed by atoms with E-state index in [2.05, 4.69) is 53.3 Å². The van der Waals surface area contributed by atoms with Crippen LogP contribution >= 0.6 is 11.6 Å². The highest BCUT2D eigenvalue weighted by Crippen LogP contribution is 2.44. The van der Waals surface area contributed by atoms with Crippen molar-refractivity contribution in [3.05, 3.63) is 65.2 Å². The van der Waals surface area contributed by atoms with Gasteiger partial charge in [0.05, 0.1) is 29.9 Å². The predicted molar refractivity (Wildman–Crippen MR) is 189 cm³/mol. The van der Waals surface area contributed by atoms with Gasteiger partial charge in [0, 0.05) is 53.1 Å². The van der Waals surface area contributed by atoms with Crippen molar-refractivity contribution >= 4 is 56.0 Å². The molecule has 10 heteroatoms. The highest BCUT2D eigenvalue weighted by atomic mass is 35.5. The normalized spacial score (nSPS) is 19.0. The van der Waals surface area contributed by atoms with Crippen LogP contribution in [0, 0.1) is 35.9 Å². The highest BCUT2D eigenvalue weighted by Gasteiger charge is 2.43. The molecule has 5 aromatic rings. The lowest BCUT2D eigenvalue weighted by Gasteiger charge is -2.52. The van der Waals surface area contributed by atoms with Crippen LogP contribution in [0.25, 0.3) is 43.8 Å². The standard InChI is InChI=1S/C38H37ClFN7O/c1-6-9-30(48)46-17-15-26(19-25(46)14-16-41)47-22-42-35-36(47)28-18-23(2)31(27-12-7-10-24-11-8-13-29(39)32(24)27)33(40)34(28)43-37(35)45-20-38(3,21-45)44(4)5/h7-8,10-13,18,22,25-26H,14-15,17,19-21H2,1-5H3/t25-,26?/m1/s1. The van der Waals surface area contributed by atoms with Crippen LogP contribution in [0.4, 0.5) is 10.2 Å². The van der Waals surface area contributed by atoms with E-state index in [1.165, 1.54) is 0 Å². The van der Waals surface area contributed by atoms with Gasteiger partial charge in [-0.05, 0) is 82.3 Å². The minimum absolute atomic E-state index is 0.0481. The lowest BCUT2D eigenvalue weighted by Crippen LogP contribution is -2.67. The molecule has 0 N–H and O–H groups in total. The molecular weight excluding hydrogens is 625 g/mol. The van der Waals surface area contributed by atoms with Crippen molar-refractivity contribution in [2.24, 2.45) is 0 Å². The van der Waals surface area contributed by atoms with Crippen molar-refractivity contribution in [3.63, 3.8) is 0 Å². The number of likely N-dealkylation sites (N-methyl/N-ethyl adjacent to an activating group) is 1. The SMILES string of the molecule is CC#CC(=O)N1CCC(n2cnc3c(N4CC(C)(N(C)C)C4)nc4c(F)c(-c5cccc6cccc(Cl)c56)c(C)cc4c32)C[C@H]1CC#N. The number of fused-ring (bicyclic) bond motifs is 4. The van der Waals surface area contributed by atoms with Crippen LogP contribution in [0.15, 0.2) is 48.8 Å². The van der Waals surface area contributed by atoms with E-state index >= 15 is 4.39 Å². The lowest BCUT2D eigenvalue weighted by atomic mass is 9.90. The molecule has 4 heterocycles. The number of carbonyl (C=O) groups excluding carboxylic acids is 1. The Morgan fingerprint density at radius 1 is 1.19 bits per heavy atom. The molecule has 0 saturated carbocycles. The second-order valence-electron chi connectivity index (χ2n) is 13.5. The van der Waals surface area contributed by atoms with Gasteiger partial charge in [0.15, 0.2) is 11.6 Å². The second kappa shape index (κ2) is 12.1. The van der Waals surface area contributed by atoms with Crippen molar-refractivity contribution in [2.45, 2.75) is 57.7 Å². The van der Waals surface area contributed by atoms with Crippen LogP contribution in [-0.4, -0.2) is 75.6 Å². The fourth-order valence-corrected chi connectivity index (χ4v) is 7.86. The Morgan fingerprint density at radius 2 is 1.94 bits per heavy atom. The smallest absolute Gasteiger partial charge is 0.298 e. The number of hydrogen-bond donors (Lipinski definition) is 0. The number of aromatic nitrogens is 3. The Bertz CT molecular complexity index is 2210. The van der Waals surface area contributed by atoms with Crippen molar-refractivity contribution in [1.82, 2.24) is 24.3 Å². The van der Waals surface area contributed by atoms with Crippen LogP contribution in [0.2, 0.25) is 5.02 Å². The number of hydrogen-bond acceptors (Lipinski definition) is 6. The fourth-order valence-electron chi connectivity index (χ4n) is 7.57. The van der Waals surface area contributed by atoms with Gasteiger partial charge in [-0.1, -0.05) is 47.9 Å². The first kappa shape index (κ1) is 31.9. The van der Waals surface area contributed by atoms with Crippen LogP contribution in [0.1, 0.15) is 44.7 Å². The van der Waals surface area contributed by atoms with E-state index in [-0.39, 0.29) is 35.5 Å². The predicted octanol–water partition coefficient (Wildman–Crippen LogP) is 7.12. The van der Waals surface area contributed by atoms with Gasteiger partial charge in [-0.3, -0.25) is 4.79 Å². The topological polar surface area (TPSA) is 81.3 Å². The molecule has 0 aliphatic carbocycles. The minimum Gasteiger partial charge on any atom is -0.351 e. The summed E-state index contributed by atoms with van der Waals surface area (Å²) < 4.78 is 19.4. The largest absolute Gasteiger partial charge is 0.351 e. The van der Waals surface area contributed by atoms with Crippen LogP contribution in [-0.2, 0) is 4.79 Å². The summed E-state index contributed by atoms with van der Waals surface area (Å²) in [4.78, 5) is 28.9. The minimum atomic E-state index is -0.398. The van der Waals surface area contributed by atoms with E-state index < -0.39 is 5.82 Å². The summed E-state index contributed by atoms with van der Waals surface area (Å²) in [7, 11) is 4.14. The molecule has 0 bridgehead atoms. The summed E-state index contributed by atoms with van der Waals surface area (Å²) in [6, 6.07) is 15.5. The van der Waals surface area contributed by atoms with Gasteiger partial charge in [-0.15, -0.1) is 0 Å². The molecule has 2 aromatic heterocycles. The van der Waals surface area contributed by atoms with Crippen molar-refractivity contribution in [3.8, 4) is 29.0 Å². The Kier molecular flexibility index (Phi) is 8.02. The molecular formula is C38H37ClFN7O. The number of rotatable bonds is 5. The Balaban J connectivity index is 1.43. The average molecular weight is 662 g/mol. The number of pyridine rings is 1. The van der Waals surface area contributed by atoms with Crippen LogP contribution in [0.3, 0.4) is 0 Å². The quantitative estimate of drug-likeness (QED) is 0.187. The molecule has 1 unspecified atom stereocenters. The molecule has 3 aromatic carbocycles. The lowest BCUT2D eigenvalue weighted by molar-refractivity contribution is -0.129. The number of likely N-dealkylation sites (tertiary alicyclic amines) is 1. The zero-order valence-electron chi connectivity index (χ0n) is 27.8. The summed E-state index contributed by atoms with van der Waals surface area (Å²) in [5, 5.41) is 12.6. The zero-order chi connectivity index (χ0) is 33.9. The van der Waals surface area contributed by atoms with Gasteiger partial charge in [0.2, 0.25) is 0 Å². The summed E-state index contributed by atoms with van der Waals surface area (Å²) in [5.41, 5.74) is 3.73. The molecule has 2 aliphatic rings. The van der Waals surface area contributed by atoms with E-state index in [1.54, 1.807) is 11.8 Å². The Morgan fingerprint density at radius 3 is 2.65 bits per heavy atom. The van der Waals surface area contributed by atoms with Gasteiger partial charge in [-0.2, -0.15) is 5.26 Å². The van der Waals surface area contributed by atoms with Gasteiger partial charge in [0.25, 0.3) is 5.91 Å². The summed E-state index contributed by atoms with van der Waals surface area (Å²) in [6.07, 6.45) is 3.24. The molecule has 244 valence electrons. The molecule has 2 fully saturated rings. The number of carbonyl (C=O) groups is 1. The van der Waals surface area contributed by atoms with E-state index in [0.29, 0.717) is 41.2 Å². The fraction of sp³-hybridized carbons (Fsp3) is 0.368. The van der Waals surface area contributed by atoms with Crippen LogP contribution in [0.5, 0.6) is 0 Å². The monoisotopic (exact) mass is 661 g/mol. The summed E-state index contributed by atoms with van der Waals surface area (Å²) >= 11 is 6.72. The van der Waals surface area contributed by atoms with E-state index in [1.807, 2.05) is 55.7 Å². The maximum atomic E-state index is 17.2. The third-order valence-corrected chi connectivity index (χ3v) is 10.7. The average Bonchev–Trinajstić information content (AvgIpc) is 3.49. The molecule has 8 nitrogen and oxygen atoms in total. The maximum absolute atomic E-state index is 17.2. The maximum Gasteiger partial charge on any atom is 0.298 e. The number of amides is 1. The molecule has 2 saturated heterocycles. The summed E-state index contributed by atoms with van der Waals surface area (Å²) in [6.45, 7) is 7.69. The number of anilines is 1. The zero-order valence-corrected chi connectivity index (χ0v) is 28.6. The first-order chi connectivity index (χ1) is 23.1. The molecule has 0 spiro atoms. The first-order valence-electron chi connectivity index (χ1n) is 16.3. The third kappa shape index (κ3) is 5.05. The summed E-state index contributed by atoms with van der Waals surface area (Å²) in [5.74, 6) is 5.33. The van der Waals surface area contributed by atoms with Crippen molar-refractivity contribution in [1.29, 1.82) is 5.26 Å². The number of benzene rings is 3. The highest BCUT2D eigenvalue weighted by molar-refractivity contribution is 6.36. The van der Waals surface area contributed by atoms with E-state index in [0.717, 1.165) is 46.0 Å². The number of nitriles is 1. The number of piperidine rings is 1. The van der Waals surface area contributed by atoms with Crippen molar-refractivity contribution < 1.29 is 9.18 Å². The number of imidazole rings is 1. The molecule has 48 heavy (non-hydrogen) atoms. The van der Waals surface area contributed by atoms with Gasteiger partial charge in [-0.25, -0.2) is 14.4 Å². The molecule has 2 aliphatic heterocycles. The van der Waals surface area contributed by atoms with Crippen LogP contribution < -0.4 is 4.90 Å². The number of halogens is 2. The molecule has 1 amide bonds. The third-order valence-electron chi connectivity index (χ3n) is 10.4. The van der Waals surface area contributed by atoms with Gasteiger partial charge >= 0.3 is 0 Å². The van der Waals surface area contributed by atoms with E-state index in [9.17, 15) is 10.1 Å². The first-order valence-corrected chi connectivity index (χ1v) is 16.6. The molecule has 2 atom stereocenters. The van der Waals surface area contributed by atoms with E-state index in [4.69, 9.17) is 21.6 Å². The number of nitrogens with zero attached hydrogens (tertiary/aromatic N) is 7. The molecule has 7 rings (SSSR count). The number of aryl methyl sites for hydroxylation is 1. The second-order valence-corrected chi connectivity index (χ2v) is 13.9. The van der Waals surface area contributed by atoms with Gasteiger partial charge < -0.3 is 19.3 Å². The Labute approximate surface area is 284 Å². The van der Waals surface area contributed by atoms with Gasteiger partial charge in [0.1, 0.15) is 11.0 Å². The van der Waals surface area contributed by atoms with Crippen molar-refractivity contribution in [2.75, 3.05) is 38.6 Å². The molecule has 0 radical (unpaired) electrons.